The number of nitrogens with zero attached hydrogens (tertiary/aromatic N) is 5. The highest BCUT2D eigenvalue weighted by Gasteiger charge is 2.38. The fourth-order valence-electron chi connectivity index (χ4n) is 4.86. The molecule has 34 heavy (non-hydrogen) atoms. The molecule has 1 atom stereocenters. The molecule has 1 aliphatic carbocycles. The summed E-state index contributed by atoms with van der Waals surface area (Å²) in [6.07, 6.45) is 8.32. The van der Waals surface area contributed by atoms with Crippen molar-refractivity contribution in [3.8, 4) is 28.3 Å². The molecule has 1 aromatic carbocycles. The maximum Gasteiger partial charge on any atom is 0.166 e. The minimum Gasteiger partial charge on any atom is -0.482 e. The number of rotatable bonds is 2. The number of fused-ring (bicyclic) bond motifs is 7. The number of hydrogen-bond acceptors (Lipinski definition) is 5. The fourth-order valence-corrected chi connectivity index (χ4v) is 4.86. The van der Waals surface area contributed by atoms with Crippen LogP contribution in [0.5, 0.6) is 5.75 Å². The van der Waals surface area contributed by atoms with Gasteiger partial charge in [0.2, 0.25) is 0 Å². The molecule has 2 N–H and O–H groups in total. The molecule has 4 aromatic rings. The van der Waals surface area contributed by atoms with Crippen molar-refractivity contribution in [2.45, 2.75) is 45.8 Å². The third kappa shape index (κ3) is 3.54. The molecule has 6 rings (SSSR count). The Bertz CT molecular complexity index is 1420. The van der Waals surface area contributed by atoms with Crippen molar-refractivity contribution in [2.24, 2.45) is 12.5 Å². The highest BCUT2D eigenvalue weighted by atomic mass is 19.1. The molecule has 0 saturated heterocycles. The number of hydrogen-bond donors (Lipinski definition) is 1. The second-order valence-electron chi connectivity index (χ2n) is 9.94. The molecule has 1 unspecified atom stereocenters. The average Bonchev–Trinajstić information content (AvgIpc) is 3.22. The van der Waals surface area contributed by atoms with E-state index in [4.69, 9.17) is 20.7 Å². The summed E-state index contributed by atoms with van der Waals surface area (Å²) in [6, 6.07) is 6.68. The minimum atomic E-state index is -0.464. The molecule has 2 aliphatic rings. The monoisotopic (exact) mass is 458 g/mol. The van der Waals surface area contributed by atoms with Crippen LogP contribution < -0.4 is 10.5 Å². The third-order valence-electron chi connectivity index (χ3n) is 7.00. The van der Waals surface area contributed by atoms with Gasteiger partial charge in [0.05, 0.1) is 17.6 Å². The van der Waals surface area contributed by atoms with Gasteiger partial charge in [-0.1, -0.05) is 6.92 Å². The van der Waals surface area contributed by atoms with E-state index >= 15 is 0 Å². The summed E-state index contributed by atoms with van der Waals surface area (Å²) in [7, 11) is 1.90. The summed E-state index contributed by atoms with van der Waals surface area (Å²) in [6.45, 7) is 5.03. The van der Waals surface area contributed by atoms with Crippen LogP contribution in [-0.4, -0.2) is 24.5 Å². The molecule has 7 nitrogen and oxygen atoms in total. The summed E-state index contributed by atoms with van der Waals surface area (Å²) < 4.78 is 24.5. The number of aryl methyl sites for hydroxylation is 1. The van der Waals surface area contributed by atoms with Crippen molar-refractivity contribution in [3.05, 3.63) is 65.4 Å². The molecule has 0 amide bonds. The van der Waals surface area contributed by atoms with Gasteiger partial charge in [-0.15, -0.1) is 0 Å². The van der Waals surface area contributed by atoms with Gasteiger partial charge >= 0.3 is 0 Å². The molecule has 2 bridgehead atoms. The summed E-state index contributed by atoms with van der Waals surface area (Å²) >= 11 is 0. The Kier molecular flexibility index (Phi) is 4.56. The van der Waals surface area contributed by atoms with Crippen molar-refractivity contribution >= 4 is 5.82 Å². The molecular weight excluding hydrogens is 431 g/mol. The zero-order chi connectivity index (χ0) is 23.6. The topological polar surface area (TPSA) is 83.8 Å². The number of nitrogen functional groups attached to an aromatic ring is 1. The number of benzene rings is 1. The second kappa shape index (κ2) is 7.41. The van der Waals surface area contributed by atoms with Crippen molar-refractivity contribution < 1.29 is 9.13 Å². The summed E-state index contributed by atoms with van der Waals surface area (Å²) in [4.78, 5) is 4.44. The fraction of sp³-hybridized carbons (Fsp3) is 0.346. The Morgan fingerprint density at radius 1 is 1.21 bits per heavy atom. The van der Waals surface area contributed by atoms with Crippen LogP contribution in [0.25, 0.3) is 22.5 Å². The van der Waals surface area contributed by atoms with Crippen LogP contribution in [0.4, 0.5) is 10.2 Å². The molecule has 1 aliphatic heterocycles. The lowest BCUT2D eigenvalue weighted by Crippen LogP contribution is -2.12. The van der Waals surface area contributed by atoms with E-state index in [1.54, 1.807) is 16.9 Å². The Labute approximate surface area is 197 Å². The lowest BCUT2D eigenvalue weighted by molar-refractivity contribution is 0.227. The predicted molar refractivity (Wildman–Crippen MR) is 128 cm³/mol. The summed E-state index contributed by atoms with van der Waals surface area (Å²) in [5.41, 5.74) is 12.9. The number of halogens is 1. The van der Waals surface area contributed by atoms with E-state index in [1.807, 2.05) is 32.4 Å². The number of ether oxygens (including phenoxy) is 1. The second-order valence-corrected chi connectivity index (χ2v) is 9.94. The van der Waals surface area contributed by atoms with Gasteiger partial charge in [-0.2, -0.15) is 10.2 Å². The zero-order valence-corrected chi connectivity index (χ0v) is 19.5. The maximum absolute atomic E-state index is 14.3. The van der Waals surface area contributed by atoms with E-state index in [0.717, 1.165) is 40.2 Å². The SMILES string of the molecule is CC1Oc2cc(cnc2N)-c2c(cnn2CC2(C)CC2)Cc2cn(C)nc2-c2ccc(F)cc21. The van der Waals surface area contributed by atoms with Gasteiger partial charge in [0.25, 0.3) is 0 Å². The lowest BCUT2D eigenvalue weighted by Gasteiger charge is -2.21. The average molecular weight is 459 g/mol. The summed E-state index contributed by atoms with van der Waals surface area (Å²) in [5.74, 6) is 0.444. The number of anilines is 1. The maximum atomic E-state index is 14.3. The normalized spacial score (nSPS) is 18.1. The molecule has 0 spiro atoms. The van der Waals surface area contributed by atoms with E-state index in [2.05, 4.69) is 16.6 Å². The van der Waals surface area contributed by atoms with Gasteiger partial charge < -0.3 is 10.5 Å². The van der Waals surface area contributed by atoms with Gasteiger partial charge in [-0.3, -0.25) is 9.36 Å². The number of aromatic nitrogens is 5. The smallest absolute Gasteiger partial charge is 0.166 e. The van der Waals surface area contributed by atoms with Crippen LogP contribution in [0.2, 0.25) is 0 Å². The van der Waals surface area contributed by atoms with E-state index in [0.29, 0.717) is 23.6 Å². The molecule has 8 heteroatoms. The van der Waals surface area contributed by atoms with Crippen LogP contribution in [0.3, 0.4) is 0 Å². The van der Waals surface area contributed by atoms with E-state index < -0.39 is 6.10 Å². The lowest BCUT2D eigenvalue weighted by atomic mass is 9.94. The molecule has 0 radical (unpaired) electrons. The van der Waals surface area contributed by atoms with Crippen molar-refractivity contribution in [2.75, 3.05) is 5.73 Å². The zero-order valence-electron chi connectivity index (χ0n) is 19.5. The van der Waals surface area contributed by atoms with Crippen LogP contribution in [0.15, 0.2) is 42.9 Å². The number of pyridine rings is 1. The van der Waals surface area contributed by atoms with Gasteiger partial charge in [0.15, 0.2) is 11.6 Å². The Morgan fingerprint density at radius 3 is 2.82 bits per heavy atom. The first-order chi connectivity index (χ1) is 16.3. The standard InChI is InChI=1S/C26H27FN6O/c1-15-21-10-19(27)4-5-20(21)23-18(13-32(3)31-23)8-16-12-30-33(14-26(2)6-7-26)24(16)17-9-22(34-15)25(28)29-11-17/h4-5,9-13,15H,6-8,14H2,1-3H3,(H2,28,29). The molecule has 4 heterocycles. The molecular formula is C26H27FN6O. The van der Waals surface area contributed by atoms with E-state index in [9.17, 15) is 4.39 Å². The molecule has 1 fully saturated rings. The van der Waals surface area contributed by atoms with Gasteiger partial charge in [-0.25, -0.2) is 9.37 Å². The predicted octanol–water partition coefficient (Wildman–Crippen LogP) is 4.91. The van der Waals surface area contributed by atoms with Crippen molar-refractivity contribution in [1.82, 2.24) is 24.5 Å². The first-order valence-corrected chi connectivity index (χ1v) is 11.6. The van der Waals surface area contributed by atoms with Gasteiger partial charge in [0, 0.05) is 60.2 Å². The van der Waals surface area contributed by atoms with Gasteiger partial charge in [0.1, 0.15) is 11.9 Å². The largest absolute Gasteiger partial charge is 0.482 e. The van der Waals surface area contributed by atoms with Crippen LogP contribution >= 0.6 is 0 Å². The van der Waals surface area contributed by atoms with Crippen LogP contribution in [0.1, 0.15) is 49.5 Å². The first-order valence-electron chi connectivity index (χ1n) is 11.6. The van der Waals surface area contributed by atoms with Crippen molar-refractivity contribution in [1.29, 1.82) is 0 Å². The quantitative estimate of drug-likeness (QED) is 0.461. The van der Waals surface area contributed by atoms with Crippen LogP contribution in [0, 0.1) is 11.2 Å². The highest BCUT2D eigenvalue weighted by Crippen LogP contribution is 2.47. The third-order valence-corrected chi connectivity index (χ3v) is 7.00. The first kappa shape index (κ1) is 20.9. The minimum absolute atomic E-state index is 0.279. The highest BCUT2D eigenvalue weighted by molar-refractivity contribution is 5.71. The Balaban J connectivity index is 1.59. The van der Waals surface area contributed by atoms with E-state index in [-0.39, 0.29) is 11.2 Å². The summed E-state index contributed by atoms with van der Waals surface area (Å²) in [5, 5.41) is 9.54. The van der Waals surface area contributed by atoms with Crippen molar-refractivity contribution in [3.63, 3.8) is 0 Å². The molecule has 174 valence electrons. The van der Waals surface area contributed by atoms with E-state index in [1.165, 1.54) is 25.0 Å². The molecule has 1 saturated carbocycles. The number of nitrogens with two attached hydrogens (primary N) is 1. The van der Waals surface area contributed by atoms with Crippen LogP contribution in [-0.2, 0) is 20.0 Å². The molecule has 3 aromatic heterocycles. The Morgan fingerprint density at radius 2 is 2.03 bits per heavy atom. The Hall–Kier alpha value is -3.68. The van der Waals surface area contributed by atoms with Gasteiger partial charge in [-0.05, 0) is 49.4 Å².